The van der Waals surface area contributed by atoms with Crippen molar-refractivity contribution < 1.29 is 14.4 Å². The van der Waals surface area contributed by atoms with Gasteiger partial charge in [-0.3, -0.25) is 14.5 Å². The van der Waals surface area contributed by atoms with Crippen molar-refractivity contribution in [2.75, 3.05) is 13.1 Å². The smallest absolute Gasteiger partial charge is 0.324 e. The maximum absolute atomic E-state index is 12.4. The molecule has 4 amide bonds. The van der Waals surface area contributed by atoms with Crippen LogP contribution in [0.25, 0.3) is 0 Å². The quantitative estimate of drug-likeness (QED) is 0.785. The van der Waals surface area contributed by atoms with Crippen LogP contribution in [0.3, 0.4) is 0 Å². The fourth-order valence-electron chi connectivity index (χ4n) is 2.51. The Morgan fingerprint density at radius 2 is 2.04 bits per heavy atom. The van der Waals surface area contributed by atoms with Gasteiger partial charge in [0.05, 0.1) is 13.1 Å². The van der Waals surface area contributed by atoms with Crippen molar-refractivity contribution in [3.8, 4) is 0 Å². The zero-order valence-electron chi connectivity index (χ0n) is 13.0. The van der Waals surface area contributed by atoms with Crippen LogP contribution in [0, 0.1) is 0 Å². The summed E-state index contributed by atoms with van der Waals surface area (Å²) in [5, 5.41) is 7.37. The molecule has 24 heavy (non-hydrogen) atoms. The molecule has 3 rings (SSSR count). The number of imide groups is 1. The largest absolute Gasteiger partial charge is 0.352 e. The molecule has 0 bridgehead atoms. The van der Waals surface area contributed by atoms with Gasteiger partial charge in [0.25, 0.3) is 5.91 Å². The van der Waals surface area contributed by atoms with E-state index in [0.717, 1.165) is 11.3 Å². The Morgan fingerprint density at radius 3 is 2.75 bits per heavy atom. The van der Waals surface area contributed by atoms with Gasteiger partial charge in [0.15, 0.2) is 0 Å². The predicted molar refractivity (Wildman–Crippen MR) is 90.7 cm³/mol. The van der Waals surface area contributed by atoms with E-state index in [4.69, 9.17) is 0 Å². The summed E-state index contributed by atoms with van der Waals surface area (Å²) in [6, 6.07) is 10.6. The van der Waals surface area contributed by atoms with Gasteiger partial charge in [0, 0.05) is 17.0 Å². The van der Waals surface area contributed by atoms with E-state index >= 15 is 0 Å². The number of carbonyl (C=O) groups excluding carboxylic acids is 3. The second-order valence-corrected chi connectivity index (χ2v) is 6.41. The summed E-state index contributed by atoms with van der Waals surface area (Å²) in [6.45, 7) is 0.643. The van der Waals surface area contributed by atoms with Crippen LogP contribution in [-0.2, 0) is 17.8 Å². The molecular weight excluding hydrogens is 326 g/mol. The number of thiophene rings is 1. The summed E-state index contributed by atoms with van der Waals surface area (Å²) in [5.74, 6) is -0.484. The van der Waals surface area contributed by atoms with E-state index in [1.165, 1.54) is 4.88 Å². The van der Waals surface area contributed by atoms with Crippen molar-refractivity contribution in [1.29, 1.82) is 0 Å². The van der Waals surface area contributed by atoms with Crippen molar-refractivity contribution >= 4 is 29.2 Å². The molecule has 1 aliphatic heterocycles. The van der Waals surface area contributed by atoms with E-state index in [1.54, 1.807) is 35.6 Å². The Morgan fingerprint density at radius 1 is 1.21 bits per heavy atom. The number of hydrogen-bond donors (Lipinski definition) is 2. The molecule has 1 saturated heterocycles. The first-order chi connectivity index (χ1) is 11.6. The highest BCUT2D eigenvalue weighted by Crippen LogP contribution is 2.14. The van der Waals surface area contributed by atoms with Gasteiger partial charge in [0.1, 0.15) is 0 Å². The lowest BCUT2D eigenvalue weighted by molar-refractivity contribution is -0.125. The van der Waals surface area contributed by atoms with Gasteiger partial charge < -0.3 is 10.6 Å². The third kappa shape index (κ3) is 3.62. The van der Waals surface area contributed by atoms with Crippen LogP contribution < -0.4 is 10.6 Å². The van der Waals surface area contributed by atoms with Crippen LogP contribution in [0.1, 0.15) is 20.8 Å². The van der Waals surface area contributed by atoms with Crippen LogP contribution in [0.5, 0.6) is 0 Å². The third-order valence-electron chi connectivity index (χ3n) is 3.76. The lowest BCUT2D eigenvalue weighted by Gasteiger charge is -2.15. The van der Waals surface area contributed by atoms with Crippen LogP contribution in [0.2, 0.25) is 0 Å². The normalized spacial score (nSPS) is 13.9. The van der Waals surface area contributed by atoms with Crippen LogP contribution in [0.15, 0.2) is 41.8 Å². The van der Waals surface area contributed by atoms with Crippen LogP contribution in [0.4, 0.5) is 4.79 Å². The molecule has 1 aliphatic rings. The number of urea groups is 1. The Bertz CT molecular complexity index is 742. The molecule has 1 aromatic heterocycles. The number of amides is 4. The van der Waals surface area contributed by atoms with Crippen molar-refractivity contribution in [2.45, 2.75) is 13.0 Å². The molecule has 0 saturated carbocycles. The summed E-state index contributed by atoms with van der Waals surface area (Å²) in [4.78, 5) is 38.1. The van der Waals surface area contributed by atoms with E-state index in [9.17, 15) is 14.4 Å². The van der Waals surface area contributed by atoms with E-state index in [0.29, 0.717) is 17.7 Å². The number of benzene rings is 1. The van der Waals surface area contributed by atoms with E-state index in [-0.39, 0.29) is 24.9 Å². The molecule has 1 aromatic carbocycles. The monoisotopic (exact) mass is 343 g/mol. The van der Waals surface area contributed by atoms with Gasteiger partial charge in [-0.1, -0.05) is 24.3 Å². The first-order valence-electron chi connectivity index (χ1n) is 7.62. The maximum atomic E-state index is 12.4. The van der Waals surface area contributed by atoms with Gasteiger partial charge in [-0.15, -0.1) is 11.3 Å². The molecule has 7 heteroatoms. The lowest BCUT2D eigenvalue weighted by atomic mass is 10.1. The minimum absolute atomic E-state index is 0.00795. The van der Waals surface area contributed by atoms with Gasteiger partial charge >= 0.3 is 6.03 Å². The van der Waals surface area contributed by atoms with Gasteiger partial charge in [-0.05, 0) is 29.5 Å². The van der Waals surface area contributed by atoms with E-state index in [1.807, 2.05) is 17.5 Å². The fraction of sp³-hybridized carbons (Fsp3) is 0.235. The number of carbonyl (C=O) groups is 3. The number of nitrogens with zero attached hydrogens (tertiary/aromatic N) is 1. The van der Waals surface area contributed by atoms with Gasteiger partial charge in [-0.25, -0.2) is 4.79 Å². The fourth-order valence-corrected chi connectivity index (χ4v) is 3.22. The molecule has 2 N–H and O–H groups in total. The summed E-state index contributed by atoms with van der Waals surface area (Å²) in [5.41, 5.74) is 1.13. The van der Waals surface area contributed by atoms with Gasteiger partial charge in [0.2, 0.25) is 5.91 Å². The second kappa shape index (κ2) is 7.27. The standard InChI is InChI=1S/C17H17N3O3S/c21-15-10-19-17(23)20(15)11-12-4-1-2-6-14(12)16(22)18-8-7-13-5-3-9-24-13/h1-6,9H,7-8,10-11H2,(H,18,22)(H,19,23). The minimum Gasteiger partial charge on any atom is -0.352 e. The van der Waals surface area contributed by atoms with Crippen molar-refractivity contribution in [3.63, 3.8) is 0 Å². The second-order valence-electron chi connectivity index (χ2n) is 5.38. The molecule has 0 unspecified atom stereocenters. The molecule has 2 aromatic rings. The molecule has 0 spiro atoms. The highest BCUT2D eigenvalue weighted by molar-refractivity contribution is 7.09. The number of hydrogen-bond acceptors (Lipinski definition) is 4. The Kier molecular flexibility index (Phi) is 4.90. The zero-order valence-corrected chi connectivity index (χ0v) is 13.8. The average molecular weight is 343 g/mol. The summed E-state index contributed by atoms with van der Waals surface area (Å²) >= 11 is 1.66. The summed E-state index contributed by atoms with van der Waals surface area (Å²) in [7, 11) is 0. The minimum atomic E-state index is -0.423. The maximum Gasteiger partial charge on any atom is 0.324 e. The predicted octanol–water partition coefficient (Wildman–Crippen LogP) is 1.77. The first kappa shape index (κ1) is 16.2. The molecule has 124 valence electrons. The van der Waals surface area contributed by atoms with E-state index in [2.05, 4.69) is 10.6 Å². The summed E-state index contributed by atoms with van der Waals surface area (Å²) < 4.78 is 0. The SMILES string of the molecule is O=C(NCCc1cccs1)c1ccccc1CN1C(=O)CNC1=O. The van der Waals surface area contributed by atoms with E-state index < -0.39 is 6.03 Å². The summed E-state index contributed by atoms with van der Waals surface area (Å²) in [6.07, 6.45) is 0.776. The third-order valence-corrected chi connectivity index (χ3v) is 4.70. The Balaban J connectivity index is 1.65. The van der Waals surface area contributed by atoms with Crippen molar-refractivity contribution in [1.82, 2.24) is 15.5 Å². The highest BCUT2D eigenvalue weighted by Gasteiger charge is 2.29. The Labute approximate surface area is 143 Å². The molecule has 2 heterocycles. The molecular formula is C17H17N3O3S. The average Bonchev–Trinajstić information content (AvgIpc) is 3.20. The van der Waals surface area contributed by atoms with Crippen molar-refractivity contribution in [2.24, 2.45) is 0 Å². The first-order valence-corrected chi connectivity index (χ1v) is 8.50. The van der Waals surface area contributed by atoms with Gasteiger partial charge in [-0.2, -0.15) is 0 Å². The lowest BCUT2D eigenvalue weighted by Crippen LogP contribution is -2.32. The number of nitrogens with one attached hydrogen (secondary N) is 2. The topological polar surface area (TPSA) is 78.5 Å². The zero-order chi connectivity index (χ0) is 16.9. The van der Waals surface area contributed by atoms with Crippen LogP contribution >= 0.6 is 11.3 Å². The molecule has 0 radical (unpaired) electrons. The highest BCUT2D eigenvalue weighted by atomic mass is 32.1. The Hall–Kier alpha value is -2.67. The molecule has 6 nitrogen and oxygen atoms in total. The molecule has 1 fully saturated rings. The van der Waals surface area contributed by atoms with Crippen molar-refractivity contribution in [3.05, 3.63) is 57.8 Å². The number of rotatable bonds is 6. The molecule has 0 aliphatic carbocycles. The molecule has 0 atom stereocenters. The van der Waals surface area contributed by atoms with Crippen LogP contribution in [-0.4, -0.2) is 35.8 Å².